The van der Waals surface area contributed by atoms with Crippen LogP contribution in [0.3, 0.4) is 0 Å². The Hall–Kier alpha value is -2.64. The smallest absolute Gasteiger partial charge is 0.266 e. The normalized spacial score (nSPS) is 15.4. The Morgan fingerprint density at radius 2 is 1.85 bits per heavy atom. The first kappa shape index (κ1) is 19.1. The number of rotatable bonds is 7. The van der Waals surface area contributed by atoms with Gasteiger partial charge in [-0.05, 0) is 17.7 Å². The van der Waals surface area contributed by atoms with E-state index in [1.165, 1.54) is 4.90 Å². The second-order valence-electron chi connectivity index (χ2n) is 5.77. The maximum Gasteiger partial charge on any atom is 0.266 e. The number of thiocarbonyl (C=S) groups is 1. The second-order valence-corrected chi connectivity index (χ2v) is 7.44. The molecule has 0 unspecified atom stereocenters. The van der Waals surface area contributed by atoms with Gasteiger partial charge in [0.15, 0.2) is 0 Å². The standard InChI is InChI=1S/C20H17NO4S2/c22-18(23)10-11-21-19(24)17(27-20(21)26)12-15-8-4-5-9-16(15)25-13-14-6-2-1-3-7-14/h1-9,12H,10-11,13H2,(H,22,23)/p-1/b17-12+. The third-order valence-electron chi connectivity index (χ3n) is 3.86. The molecule has 0 bridgehead atoms. The van der Waals surface area contributed by atoms with Gasteiger partial charge in [0.1, 0.15) is 16.7 Å². The summed E-state index contributed by atoms with van der Waals surface area (Å²) in [6, 6.07) is 17.2. The van der Waals surface area contributed by atoms with E-state index >= 15 is 0 Å². The summed E-state index contributed by atoms with van der Waals surface area (Å²) in [5, 5.41) is 10.6. The first-order valence-electron chi connectivity index (χ1n) is 8.25. The quantitative estimate of drug-likeness (QED) is 0.528. The average molecular weight is 398 g/mol. The summed E-state index contributed by atoms with van der Waals surface area (Å²) in [5.74, 6) is -0.863. The molecule has 0 aromatic heterocycles. The van der Waals surface area contributed by atoms with Crippen LogP contribution in [-0.4, -0.2) is 27.6 Å². The highest BCUT2D eigenvalue weighted by atomic mass is 32.2. The van der Waals surface area contributed by atoms with Gasteiger partial charge in [-0.2, -0.15) is 0 Å². The van der Waals surface area contributed by atoms with Crippen molar-refractivity contribution in [3.8, 4) is 5.75 Å². The lowest BCUT2D eigenvalue weighted by Gasteiger charge is -2.14. The molecule has 27 heavy (non-hydrogen) atoms. The number of benzene rings is 2. The topological polar surface area (TPSA) is 69.7 Å². The fourth-order valence-electron chi connectivity index (χ4n) is 2.50. The van der Waals surface area contributed by atoms with Gasteiger partial charge in [-0.15, -0.1) is 0 Å². The van der Waals surface area contributed by atoms with Gasteiger partial charge in [0.2, 0.25) is 0 Å². The number of carboxylic acid groups (broad SMARTS) is 1. The van der Waals surface area contributed by atoms with Crippen LogP contribution >= 0.6 is 24.0 Å². The molecule has 7 heteroatoms. The number of carboxylic acids is 1. The van der Waals surface area contributed by atoms with Gasteiger partial charge in [0.25, 0.3) is 5.91 Å². The first-order chi connectivity index (χ1) is 13.0. The van der Waals surface area contributed by atoms with Gasteiger partial charge in [-0.3, -0.25) is 9.69 Å². The van der Waals surface area contributed by atoms with Crippen molar-refractivity contribution in [2.75, 3.05) is 6.54 Å². The summed E-state index contributed by atoms with van der Waals surface area (Å²) in [6.45, 7) is 0.425. The summed E-state index contributed by atoms with van der Waals surface area (Å²) in [4.78, 5) is 24.9. The molecule has 1 heterocycles. The summed E-state index contributed by atoms with van der Waals surface area (Å²) in [7, 11) is 0. The van der Waals surface area contributed by atoms with Crippen molar-refractivity contribution < 1.29 is 19.4 Å². The van der Waals surface area contributed by atoms with E-state index in [0.717, 1.165) is 22.9 Å². The molecule has 1 aliphatic rings. The minimum Gasteiger partial charge on any atom is -0.550 e. The van der Waals surface area contributed by atoms with Crippen molar-refractivity contribution in [3.63, 3.8) is 0 Å². The molecular formula is C20H16NO4S2-. The molecule has 0 saturated carbocycles. The second kappa shape index (κ2) is 8.83. The van der Waals surface area contributed by atoms with Gasteiger partial charge in [0, 0.05) is 24.5 Å². The Morgan fingerprint density at radius 1 is 1.15 bits per heavy atom. The van der Waals surface area contributed by atoms with E-state index in [9.17, 15) is 14.7 Å². The van der Waals surface area contributed by atoms with Gasteiger partial charge in [-0.25, -0.2) is 0 Å². The van der Waals surface area contributed by atoms with E-state index in [1.54, 1.807) is 6.08 Å². The van der Waals surface area contributed by atoms with Gasteiger partial charge >= 0.3 is 0 Å². The van der Waals surface area contributed by atoms with Crippen LogP contribution in [0, 0.1) is 0 Å². The Balaban J connectivity index is 1.76. The number of carbonyl (C=O) groups excluding carboxylic acids is 2. The van der Waals surface area contributed by atoms with Gasteiger partial charge in [0.05, 0.1) is 4.91 Å². The van der Waals surface area contributed by atoms with Crippen LogP contribution in [0.2, 0.25) is 0 Å². The number of aliphatic carboxylic acids is 1. The predicted octanol–water partition coefficient (Wildman–Crippen LogP) is 2.61. The average Bonchev–Trinajstić information content (AvgIpc) is 2.93. The minimum absolute atomic E-state index is 0.0104. The molecule has 5 nitrogen and oxygen atoms in total. The fraction of sp³-hybridized carbons (Fsp3) is 0.150. The molecule has 0 aliphatic carbocycles. The molecule has 0 N–H and O–H groups in total. The van der Waals surface area contributed by atoms with E-state index in [1.807, 2.05) is 54.6 Å². The molecule has 0 atom stereocenters. The highest BCUT2D eigenvalue weighted by Gasteiger charge is 2.31. The number of hydrogen-bond acceptors (Lipinski definition) is 6. The lowest BCUT2D eigenvalue weighted by Crippen LogP contribution is -2.33. The lowest BCUT2D eigenvalue weighted by atomic mass is 10.1. The van der Waals surface area contributed by atoms with Crippen LogP contribution in [0.5, 0.6) is 5.75 Å². The third kappa shape index (κ3) is 4.96. The summed E-state index contributed by atoms with van der Waals surface area (Å²) in [5.41, 5.74) is 1.80. The lowest BCUT2D eigenvalue weighted by molar-refractivity contribution is -0.305. The van der Waals surface area contributed by atoms with Gasteiger partial charge in [-0.1, -0.05) is 72.5 Å². The van der Waals surface area contributed by atoms with E-state index in [2.05, 4.69) is 0 Å². The Morgan fingerprint density at radius 3 is 2.59 bits per heavy atom. The number of carbonyl (C=O) groups is 2. The third-order valence-corrected chi connectivity index (χ3v) is 5.23. The highest BCUT2D eigenvalue weighted by Crippen LogP contribution is 2.34. The zero-order chi connectivity index (χ0) is 19.2. The van der Waals surface area contributed by atoms with Crippen molar-refractivity contribution in [1.29, 1.82) is 0 Å². The summed E-state index contributed by atoms with van der Waals surface area (Å²) in [6.07, 6.45) is 1.47. The van der Waals surface area contributed by atoms with Crippen LogP contribution in [0.1, 0.15) is 17.5 Å². The molecule has 1 saturated heterocycles. The van der Waals surface area contributed by atoms with Crippen LogP contribution in [0.25, 0.3) is 6.08 Å². The number of thioether (sulfide) groups is 1. The van der Waals surface area contributed by atoms with Crippen molar-refractivity contribution in [2.45, 2.75) is 13.0 Å². The molecule has 3 rings (SSSR count). The zero-order valence-electron chi connectivity index (χ0n) is 14.3. The van der Waals surface area contributed by atoms with Crippen LogP contribution in [0.4, 0.5) is 0 Å². The van der Waals surface area contributed by atoms with Crippen molar-refractivity contribution in [1.82, 2.24) is 4.90 Å². The first-order valence-corrected chi connectivity index (χ1v) is 9.48. The van der Waals surface area contributed by atoms with Crippen LogP contribution in [-0.2, 0) is 16.2 Å². The van der Waals surface area contributed by atoms with E-state index in [-0.39, 0.29) is 18.9 Å². The van der Waals surface area contributed by atoms with Crippen molar-refractivity contribution >= 4 is 46.3 Å². The Labute approximate surface area is 166 Å². The zero-order valence-corrected chi connectivity index (χ0v) is 15.9. The van der Waals surface area contributed by atoms with Crippen molar-refractivity contribution in [3.05, 3.63) is 70.6 Å². The molecule has 2 aromatic rings. The number of amides is 1. The molecule has 1 fully saturated rings. The molecular weight excluding hydrogens is 382 g/mol. The van der Waals surface area contributed by atoms with E-state index in [4.69, 9.17) is 17.0 Å². The van der Waals surface area contributed by atoms with E-state index in [0.29, 0.717) is 21.6 Å². The molecule has 0 spiro atoms. The van der Waals surface area contributed by atoms with Crippen LogP contribution in [0.15, 0.2) is 59.5 Å². The minimum atomic E-state index is -1.22. The number of para-hydroxylation sites is 1. The molecule has 1 amide bonds. The summed E-state index contributed by atoms with van der Waals surface area (Å²) < 4.78 is 6.25. The molecule has 0 radical (unpaired) electrons. The van der Waals surface area contributed by atoms with E-state index < -0.39 is 5.97 Å². The number of ether oxygens (including phenoxy) is 1. The predicted molar refractivity (Wildman–Crippen MR) is 107 cm³/mol. The Bertz CT molecular complexity index is 896. The maximum absolute atomic E-state index is 12.5. The maximum atomic E-state index is 12.5. The highest BCUT2D eigenvalue weighted by molar-refractivity contribution is 8.26. The number of hydrogen-bond donors (Lipinski definition) is 0. The largest absolute Gasteiger partial charge is 0.550 e. The molecule has 138 valence electrons. The monoisotopic (exact) mass is 398 g/mol. The van der Waals surface area contributed by atoms with Crippen molar-refractivity contribution in [2.24, 2.45) is 0 Å². The summed E-state index contributed by atoms with van der Waals surface area (Å²) >= 11 is 6.34. The molecule has 2 aromatic carbocycles. The number of nitrogens with zero attached hydrogens (tertiary/aromatic N) is 1. The Kier molecular flexibility index (Phi) is 6.26. The van der Waals surface area contributed by atoms with Crippen LogP contribution < -0.4 is 9.84 Å². The van der Waals surface area contributed by atoms with Gasteiger partial charge < -0.3 is 14.6 Å². The SMILES string of the molecule is O=C([O-])CCN1C(=O)/C(=C\c2ccccc2OCc2ccccc2)SC1=S. The molecule has 1 aliphatic heterocycles. The fourth-order valence-corrected chi connectivity index (χ4v) is 3.80.